The second-order valence-electron chi connectivity index (χ2n) is 7.04. The van der Waals surface area contributed by atoms with E-state index in [1.54, 1.807) is 60.7 Å². The molecule has 8 nitrogen and oxygen atoms in total. The highest BCUT2D eigenvalue weighted by atomic mass is 16.6. The standard InChI is InChI=1S/C25H25N3O5/c1-32-22(15-16-23(30)28-21-10-6-5-9-20(21)26)24(17-11-13-19(29)14-12-17)33-25(31)27-18-7-3-2-4-8-18/h2-16,22,24,29H,26H2,1H3,(H,27,31)(H,28,30)/b16-15+/t22-,24-/m1/s1. The zero-order valence-electron chi connectivity index (χ0n) is 18.0. The van der Waals surface area contributed by atoms with E-state index in [4.69, 9.17) is 15.2 Å². The molecule has 2 amide bonds. The number of methoxy groups -OCH3 is 1. The van der Waals surface area contributed by atoms with Crippen LogP contribution in [-0.4, -0.2) is 30.3 Å². The normalized spacial score (nSPS) is 12.6. The number of hydrogen-bond donors (Lipinski definition) is 4. The topological polar surface area (TPSA) is 123 Å². The number of aromatic hydroxyl groups is 1. The summed E-state index contributed by atoms with van der Waals surface area (Å²) in [6.07, 6.45) is 0.380. The lowest BCUT2D eigenvalue weighted by Crippen LogP contribution is -2.27. The van der Waals surface area contributed by atoms with Gasteiger partial charge in [-0.2, -0.15) is 0 Å². The summed E-state index contributed by atoms with van der Waals surface area (Å²) in [5.74, 6) is -0.358. The van der Waals surface area contributed by atoms with Crippen LogP contribution in [0.1, 0.15) is 11.7 Å². The van der Waals surface area contributed by atoms with Crippen molar-refractivity contribution >= 4 is 29.1 Å². The minimum Gasteiger partial charge on any atom is -0.508 e. The van der Waals surface area contributed by atoms with Crippen molar-refractivity contribution in [1.82, 2.24) is 0 Å². The number of hydrogen-bond acceptors (Lipinski definition) is 6. The maximum atomic E-state index is 12.5. The second kappa shape index (κ2) is 11.4. The summed E-state index contributed by atoms with van der Waals surface area (Å²) in [6.45, 7) is 0. The Morgan fingerprint density at radius 3 is 2.27 bits per heavy atom. The van der Waals surface area contributed by atoms with Gasteiger partial charge < -0.3 is 25.6 Å². The first kappa shape index (κ1) is 23.4. The quantitative estimate of drug-likeness (QED) is 0.298. The van der Waals surface area contributed by atoms with Crippen molar-refractivity contribution in [2.24, 2.45) is 0 Å². The van der Waals surface area contributed by atoms with Gasteiger partial charge in [0.25, 0.3) is 0 Å². The second-order valence-corrected chi connectivity index (χ2v) is 7.04. The van der Waals surface area contributed by atoms with Crippen molar-refractivity contribution in [2.45, 2.75) is 12.2 Å². The largest absolute Gasteiger partial charge is 0.508 e. The highest BCUT2D eigenvalue weighted by Gasteiger charge is 2.26. The van der Waals surface area contributed by atoms with Gasteiger partial charge in [0.15, 0.2) is 6.10 Å². The van der Waals surface area contributed by atoms with E-state index in [0.717, 1.165) is 0 Å². The van der Waals surface area contributed by atoms with E-state index in [-0.39, 0.29) is 5.75 Å². The van der Waals surface area contributed by atoms with Crippen molar-refractivity contribution in [1.29, 1.82) is 0 Å². The minimum atomic E-state index is -0.898. The number of carbonyl (C=O) groups is 2. The zero-order chi connectivity index (χ0) is 23.6. The molecule has 2 atom stereocenters. The van der Waals surface area contributed by atoms with E-state index in [9.17, 15) is 14.7 Å². The molecule has 5 N–H and O–H groups in total. The van der Waals surface area contributed by atoms with Crippen LogP contribution in [-0.2, 0) is 14.3 Å². The fourth-order valence-electron chi connectivity index (χ4n) is 3.04. The molecule has 3 rings (SSSR count). The van der Waals surface area contributed by atoms with Crippen LogP contribution < -0.4 is 16.4 Å². The van der Waals surface area contributed by atoms with Crippen LogP contribution >= 0.6 is 0 Å². The van der Waals surface area contributed by atoms with Gasteiger partial charge in [-0.05, 0) is 48.0 Å². The van der Waals surface area contributed by atoms with Crippen molar-refractivity contribution in [3.05, 3.63) is 96.6 Å². The average Bonchev–Trinajstić information content (AvgIpc) is 2.81. The monoisotopic (exact) mass is 447 g/mol. The smallest absolute Gasteiger partial charge is 0.412 e. The summed E-state index contributed by atoms with van der Waals surface area (Å²) in [6, 6.07) is 21.9. The van der Waals surface area contributed by atoms with Crippen LogP contribution in [0.4, 0.5) is 21.9 Å². The minimum absolute atomic E-state index is 0.0653. The molecule has 33 heavy (non-hydrogen) atoms. The van der Waals surface area contributed by atoms with E-state index in [1.807, 2.05) is 6.07 Å². The van der Waals surface area contributed by atoms with Gasteiger partial charge in [-0.15, -0.1) is 0 Å². The van der Waals surface area contributed by atoms with Crippen LogP contribution in [0.3, 0.4) is 0 Å². The first-order chi connectivity index (χ1) is 16.0. The van der Waals surface area contributed by atoms with E-state index in [2.05, 4.69) is 10.6 Å². The summed E-state index contributed by atoms with van der Waals surface area (Å²) in [5.41, 5.74) is 7.91. The Balaban J connectivity index is 1.77. The number of carbonyl (C=O) groups excluding carboxylic acids is 2. The van der Waals surface area contributed by atoms with E-state index in [1.165, 1.54) is 31.4 Å². The Morgan fingerprint density at radius 2 is 1.61 bits per heavy atom. The van der Waals surface area contributed by atoms with Gasteiger partial charge in [-0.1, -0.05) is 42.5 Å². The van der Waals surface area contributed by atoms with Crippen molar-refractivity contribution < 1.29 is 24.2 Å². The number of anilines is 3. The van der Waals surface area contributed by atoms with Crippen molar-refractivity contribution in [3.8, 4) is 5.75 Å². The summed E-state index contributed by atoms with van der Waals surface area (Å²) < 4.78 is 11.2. The number of para-hydroxylation sites is 3. The Bertz CT molecular complexity index is 1100. The van der Waals surface area contributed by atoms with Crippen LogP contribution in [0.25, 0.3) is 0 Å². The zero-order valence-corrected chi connectivity index (χ0v) is 18.0. The predicted octanol–water partition coefficient (Wildman–Crippen LogP) is 4.47. The first-order valence-electron chi connectivity index (χ1n) is 10.1. The SMILES string of the molecule is CO[C@H](/C=C/C(=O)Nc1ccccc1N)[C@H](OC(=O)Nc1ccccc1)c1ccc(O)cc1. The first-order valence-corrected chi connectivity index (χ1v) is 10.1. The van der Waals surface area contributed by atoms with Crippen LogP contribution in [0, 0.1) is 0 Å². The molecule has 0 aliphatic heterocycles. The molecule has 0 radical (unpaired) electrons. The van der Waals surface area contributed by atoms with Crippen LogP contribution in [0.15, 0.2) is 91.0 Å². The van der Waals surface area contributed by atoms with Crippen LogP contribution in [0.5, 0.6) is 5.75 Å². The maximum absolute atomic E-state index is 12.5. The summed E-state index contributed by atoms with van der Waals surface area (Å²) in [5, 5.41) is 15.0. The van der Waals surface area contributed by atoms with Crippen molar-refractivity contribution in [3.63, 3.8) is 0 Å². The Labute approximate surface area is 191 Å². The number of amides is 2. The van der Waals surface area contributed by atoms with E-state index >= 15 is 0 Å². The van der Waals surface area contributed by atoms with E-state index in [0.29, 0.717) is 22.6 Å². The molecular weight excluding hydrogens is 422 g/mol. The molecular formula is C25H25N3O5. The van der Waals surface area contributed by atoms with Gasteiger partial charge >= 0.3 is 6.09 Å². The summed E-state index contributed by atoms with van der Waals surface area (Å²) in [7, 11) is 1.44. The number of nitrogen functional groups attached to an aromatic ring is 1. The average molecular weight is 447 g/mol. The molecule has 170 valence electrons. The molecule has 3 aromatic carbocycles. The molecule has 0 fully saturated rings. The molecule has 0 heterocycles. The number of phenolic OH excluding ortho intramolecular Hbond substituents is 1. The lowest BCUT2D eigenvalue weighted by atomic mass is 10.0. The van der Waals surface area contributed by atoms with Gasteiger partial charge in [0.05, 0.1) is 11.4 Å². The maximum Gasteiger partial charge on any atom is 0.412 e. The molecule has 0 spiro atoms. The molecule has 0 aliphatic carbocycles. The fraction of sp³-hybridized carbons (Fsp3) is 0.120. The third kappa shape index (κ3) is 6.84. The molecule has 0 bridgehead atoms. The molecule has 3 aromatic rings. The number of rotatable bonds is 8. The van der Waals surface area contributed by atoms with E-state index < -0.39 is 24.2 Å². The highest BCUT2D eigenvalue weighted by Crippen LogP contribution is 2.27. The van der Waals surface area contributed by atoms with Gasteiger partial charge in [-0.25, -0.2) is 4.79 Å². The number of nitrogens with two attached hydrogens (primary N) is 1. The Morgan fingerprint density at radius 1 is 0.939 bits per heavy atom. The van der Waals surface area contributed by atoms with Crippen LogP contribution in [0.2, 0.25) is 0 Å². The Hall–Kier alpha value is -4.30. The third-order valence-corrected chi connectivity index (χ3v) is 4.70. The summed E-state index contributed by atoms with van der Waals surface area (Å²) in [4.78, 5) is 24.9. The molecule has 0 saturated heterocycles. The van der Waals surface area contributed by atoms with Gasteiger partial charge in [0.2, 0.25) is 5.91 Å². The number of ether oxygens (including phenoxy) is 2. The number of benzene rings is 3. The molecule has 0 aromatic heterocycles. The number of phenols is 1. The lowest BCUT2D eigenvalue weighted by Gasteiger charge is -2.24. The third-order valence-electron chi connectivity index (χ3n) is 4.70. The van der Waals surface area contributed by atoms with Crippen molar-refractivity contribution in [2.75, 3.05) is 23.5 Å². The predicted molar refractivity (Wildman–Crippen MR) is 127 cm³/mol. The highest BCUT2D eigenvalue weighted by molar-refractivity contribution is 6.01. The van der Waals surface area contributed by atoms with Gasteiger partial charge in [0, 0.05) is 18.9 Å². The fourth-order valence-corrected chi connectivity index (χ4v) is 3.04. The Kier molecular flexibility index (Phi) is 8.04. The molecule has 0 aliphatic rings. The molecule has 0 saturated carbocycles. The van der Waals surface area contributed by atoms with Gasteiger partial charge in [-0.3, -0.25) is 10.1 Å². The summed E-state index contributed by atoms with van der Waals surface area (Å²) >= 11 is 0. The number of nitrogens with one attached hydrogen (secondary N) is 2. The molecule has 0 unspecified atom stereocenters. The van der Waals surface area contributed by atoms with Gasteiger partial charge in [0.1, 0.15) is 11.9 Å². The molecule has 8 heteroatoms. The lowest BCUT2D eigenvalue weighted by molar-refractivity contribution is -0.112.